The molecule has 0 heterocycles. The van der Waals surface area contributed by atoms with Crippen molar-refractivity contribution >= 4 is 27.5 Å². The third-order valence-electron chi connectivity index (χ3n) is 3.68. The van der Waals surface area contributed by atoms with E-state index in [2.05, 4.69) is 27.3 Å². The Hall–Kier alpha value is -0.0500. The Morgan fingerprint density at radius 1 is 1.11 bits per heavy atom. The van der Waals surface area contributed by atoms with E-state index in [9.17, 15) is 0 Å². The van der Waals surface area contributed by atoms with Gasteiger partial charge in [0, 0.05) is 17.1 Å². The van der Waals surface area contributed by atoms with Gasteiger partial charge in [-0.1, -0.05) is 49.8 Å². The van der Waals surface area contributed by atoms with Gasteiger partial charge in [-0.2, -0.15) is 0 Å². The van der Waals surface area contributed by atoms with Gasteiger partial charge in [-0.05, 0) is 46.5 Å². The van der Waals surface area contributed by atoms with Crippen LogP contribution < -0.4 is 5.32 Å². The molecule has 0 unspecified atom stereocenters. The van der Waals surface area contributed by atoms with Crippen LogP contribution in [0.1, 0.15) is 50.5 Å². The van der Waals surface area contributed by atoms with Crippen molar-refractivity contribution in [2.45, 2.75) is 57.5 Å². The van der Waals surface area contributed by atoms with Crippen LogP contribution in [0.3, 0.4) is 0 Å². The number of hydrogen-bond acceptors (Lipinski definition) is 1. The van der Waals surface area contributed by atoms with Gasteiger partial charge in [0.15, 0.2) is 0 Å². The fourth-order valence-corrected chi connectivity index (χ4v) is 3.02. The number of benzene rings is 1. The summed E-state index contributed by atoms with van der Waals surface area (Å²) >= 11 is 9.53. The van der Waals surface area contributed by atoms with Gasteiger partial charge in [0.05, 0.1) is 5.02 Å². The molecule has 0 atom stereocenters. The molecule has 3 heteroatoms. The van der Waals surface area contributed by atoms with E-state index in [1.165, 1.54) is 50.5 Å². The third kappa shape index (κ3) is 4.56. The molecule has 18 heavy (non-hydrogen) atoms. The predicted octanol–water partition coefficient (Wildman–Crippen LogP) is 5.31. The summed E-state index contributed by atoms with van der Waals surface area (Å²) in [6.07, 6.45) is 9.63. The van der Waals surface area contributed by atoms with Crippen LogP contribution >= 0.6 is 27.5 Å². The molecule has 0 aromatic heterocycles. The molecule has 2 rings (SSSR count). The fourth-order valence-electron chi connectivity index (χ4n) is 2.57. The van der Waals surface area contributed by atoms with Gasteiger partial charge >= 0.3 is 0 Å². The normalized spacial score (nSPS) is 18.3. The van der Waals surface area contributed by atoms with E-state index < -0.39 is 0 Å². The standard InChI is InChI=1S/C15H21BrClN/c16-14-9-8-12(10-15(14)17)11-18-13-6-4-2-1-3-5-7-13/h8-10,13,18H,1-7,11H2. The maximum atomic E-state index is 6.11. The molecule has 1 fully saturated rings. The quantitative estimate of drug-likeness (QED) is 0.792. The van der Waals surface area contributed by atoms with Gasteiger partial charge in [0.2, 0.25) is 0 Å². The van der Waals surface area contributed by atoms with Crippen molar-refractivity contribution in [1.82, 2.24) is 5.32 Å². The van der Waals surface area contributed by atoms with E-state index in [0.29, 0.717) is 6.04 Å². The van der Waals surface area contributed by atoms with Gasteiger partial charge in [-0.25, -0.2) is 0 Å². The van der Waals surface area contributed by atoms with Crippen molar-refractivity contribution < 1.29 is 0 Å². The van der Waals surface area contributed by atoms with Gasteiger partial charge < -0.3 is 5.32 Å². The lowest BCUT2D eigenvalue weighted by atomic mass is 9.96. The first-order chi connectivity index (χ1) is 8.75. The largest absolute Gasteiger partial charge is 0.310 e. The Bertz CT molecular complexity index is 373. The first-order valence-electron chi connectivity index (χ1n) is 6.93. The Morgan fingerprint density at radius 3 is 2.44 bits per heavy atom. The topological polar surface area (TPSA) is 12.0 Å². The maximum Gasteiger partial charge on any atom is 0.0551 e. The van der Waals surface area contributed by atoms with E-state index in [-0.39, 0.29) is 0 Å². The molecule has 0 radical (unpaired) electrons. The summed E-state index contributed by atoms with van der Waals surface area (Å²) in [5, 5.41) is 4.48. The molecule has 0 saturated heterocycles. The van der Waals surface area contributed by atoms with Crippen LogP contribution in [0, 0.1) is 0 Å². The smallest absolute Gasteiger partial charge is 0.0551 e. The van der Waals surface area contributed by atoms with Crippen molar-refractivity contribution in [2.24, 2.45) is 0 Å². The molecule has 1 aromatic carbocycles. The number of halogens is 2. The monoisotopic (exact) mass is 329 g/mol. The number of rotatable bonds is 3. The maximum absolute atomic E-state index is 6.11. The number of nitrogens with one attached hydrogen (secondary N) is 1. The van der Waals surface area contributed by atoms with Crippen LogP contribution in [0.5, 0.6) is 0 Å². The highest BCUT2D eigenvalue weighted by Crippen LogP contribution is 2.23. The lowest BCUT2D eigenvalue weighted by molar-refractivity contribution is 0.389. The second-order valence-corrected chi connectivity index (χ2v) is 6.43. The zero-order valence-corrected chi connectivity index (χ0v) is 13.1. The van der Waals surface area contributed by atoms with Crippen molar-refractivity contribution in [3.8, 4) is 0 Å². The Kier molecular flexibility index (Phi) is 6.00. The van der Waals surface area contributed by atoms with E-state index in [4.69, 9.17) is 11.6 Å². The van der Waals surface area contributed by atoms with Crippen LogP contribution in [0.25, 0.3) is 0 Å². The molecule has 1 saturated carbocycles. The Morgan fingerprint density at radius 2 is 1.78 bits per heavy atom. The molecule has 0 amide bonds. The zero-order chi connectivity index (χ0) is 12.8. The fraction of sp³-hybridized carbons (Fsp3) is 0.600. The lowest BCUT2D eigenvalue weighted by Crippen LogP contribution is -2.29. The minimum Gasteiger partial charge on any atom is -0.310 e. The molecule has 1 aliphatic rings. The van der Waals surface area contributed by atoms with Gasteiger partial charge in [-0.15, -0.1) is 0 Å². The Labute approximate surface area is 123 Å². The van der Waals surface area contributed by atoms with Gasteiger partial charge in [0.25, 0.3) is 0 Å². The van der Waals surface area contributed by atoms with Gasteiger partial charge in [0.1, 0.15) is 0 Å². The van der Waals surface area contributed by atoms with Crippen molar-refractivity contribution in [3.63, 3.8) is 0 Å². The Balaban J connectivity index is 1.83. The summed E-state index contributed by atoms with van der Waals surface area (Å²) in [7, 11) is 0. The van der Waals surface area contributed by atoms with E-state index in [0.717, 1.165) is 16.0 Å². The molecule has 1 N–H and O–H groups in total. The predicted molar refractivity (Wildman–Crippen MR) is 82.1 cm³/mol. The van der Waals surface area contributed by atoms with E-state index in [1.807, 2.05) is 12.1 Å². The van der Waals surface area contributed by atoms with E-state index in [1.54, 1.807) is 0 Å². The minimum absolute atomic E-state index is 0.688. The van der Waals surface area contributed by atoms with Crippen LogP contribution in [-0.2, 0) is 6.54 Å². The molecule has 1 aromatic rings. The summed E-state index contributed by atoms with van der Waals surface area (Å²) in [6, 6.07) is 6.89. The number of hydrogen-bond donors (Lipinski definition) is 1. The lowest BCUT2D eigenvalue weighted by Gasteiger charge is -2.21. The summed E-state index contributed by atoms with van der Waals surface area (Å²) in [4.78, 5) is 0. The van der Waals surface area contributed by atoms with Crippen LogP contribution in [0.2, 0.25) is 5.02 Å². The van der Waals surface area contributed by atoms with Crippen molar-refractivity contribution in [2.75, 3.05) is 0 Å². The second kappa shape index (κ2) is 7.52. The van der Waals surface area contributed by atoms with Crippen LogP contribution in [-0.4, -0.2) is 6.04 Å². The van der Waals surface area contributed by atoms with Crippen molar-refractivity contribution in [3.05, 3.63) is 33.3 Å². The van der Waals surface area contributed by atoms with Crippen LogP contribution in [0.4, 0.5) is 0 Å². The van der Waals surface area contributed by atoms with Crippen molar-refractivity contribution in [1.29, 1.82) is 0 Å². The molecular weight excluding hydrogens is 310 g/mol. The molecule has 1 aliphatic carbocycles. The molecule has 100 valence electrons. The highest BCUT2D eigenvalue weighted by Gasteiger charge is 2.10. The van der Waals surface area contributed by atoms with Crippen LogP contribution in [0.15, 0.2) is 22.7 Å². The molecular formula is C15H21BrClN. The summed E-state index contributed by atoms with van der Waals surface area (Å²) in [5.74, 6) is 0. The summed E-state index contributed by atoms with van der Waals surface area (Å²) < 4.78 is 0.971. The summed E-state index contributed by atoms with van der Waals surface area (Å²) in [6.45, 7) is 0.928. The first kappa shape index (κ1) is 14.4. The van der Waals surface area contributed by atoms with E-state index >= 15 is 0 Å². The molecule has 0 aliphatic heterocycles. The molecule has 0 spiro atoms. The summed E-state index contributed by atoms with van der Waals surface area (Å²) in [5.41, 5.74) is 1.27. The molecule has 1 nitrogen and oxygen atoms in total. The average Bonchev–Trinajstić information content (AvgIpc) is 2.32. The highest BCUT2D eigenvalue weighted by atomic mass is 79.9. The second-order valence-electron chi connectivity index (χ2n) is 5.17. The first-order valence-corrected chi connectivity index (χ1v) is 8.10. The zero-order valence-electron chi connectivity index (χ0n) is 10.7. The highest BCUT2D eigenvalue weighted by molar-refractivity contribution is 9.10. The molecule has 0 bridgehead atoms. The van der Waals surface area contributed by atoms with Gasteiger partial charge in [-0.3, -0.25) is 0 Å². The third-order valence-corrected chi connectivity index (χ3v) is 4.92. The SMILES string of the molecule is Clc1cc(CNC2CCCCCCC2)ccc1Br. The average molecular weight is 331 g/mol. The minimum atomic E-state index is 0.688.